The van der Waals surface area contributed by atoms with Crippen molar-refractivity contribution in [2.45, 2.75) is 90.6 Å². The molecule has 1 aliphatic heterocycles. The maximum Gasteiger partial charge on any atom is 0.324 e. The summed E-state index contributed by atoms with van der Waals surface area (Å²) in [5, 5.41) is 5.68. The SMILES string of the molecule is COC1=CC(=O)N(C(=O)/C=C/[C@H](C)NC(=O)[C@H](CC(C)C)NC(=O)[C@H](CC(C)C)OC(=O)[C@H](Cc2ccccc2)N(C)C)[C@H]1Cc1ccccc1. The van der Waals surface area contributed by atoms with E-state index in [2.05, 4.69) is 10.6 Å². The van der Waals surface area contributed by atoms with Gasteiger partial charge >= 0.3 is 5.97 Å². The molecule has 276 valence electrons. The molecule has 0 spiro atoms. The Kier molecular flexibility index (Phi) is 15.6. The number of methoxy groups -OCH3 is 1. The first-order chi connectivity index (χ1) is 24.2. The molecule has 2 N–H and O–H groups in total. The van der Waals surface area contributed by atoms with Gasteiger partial charge in [-0.1, -0.05) is 94.4 Å². The molecule has 0 fully saturated rings. The van der Waals surface area contributed by atoms with Crippen LogP contribution in [0.25, 0.3) is 0 Å². The molecule has 0 saturated carbocycles. The van der Waals surface area contributed by atoms with Crippen LogP contribution in [0.1, 0.15) is 58.6 Å². The van der Waals surface area contributed by atoms with Crippen molar-refractivity contribution in [3.63, 3.8) is 0 Å². The summed E-state index contributed by atoms with van der Waals surface area (Å²) in [6, 6.07) is 16.3. The molecule has 1 aliphatic rings. The number of rotatable bonds is 18. The second-order valence-corrected chi connectivity index (χ2v) is 14.1. The Labute approximate surface area is 302 Å². The number of nitrogens with zero attached hydrogens (tertiary/aromatic N) is 2. The molecule has 0 radical (unpaired) electrons. The van der Waals surface area contributed by atoms with Crippen molar-refractivity contribution in [1.29, 1.82) is 0 Å². The number of benzene rings is 2. The van der Waals surface area contributed by atoms with Gasteiger partial charge in [0.05, 0.1) is 7.11 Å². The van der Waals surface area contributed by atoms with Gasteiger partial charge in [0.15, 0.2) is 6.10 Å². The van der Waals surface area contributed by atoms with Gasteiger partial charge in [-0.2, -0.15) is 0 Å². The average molecular weight is 703 g/mol. The maximum absolute atomic E-state index is 13.7. The molecule has 2 aromatic carbocycles. The van der Waals surface area contributed by atoms with E-state index in [4.69, 9.17) is 9.47 Å². The topological polar surface area (TPSA) is 134 Å². The van der Waals surface area contributed by atoms with Crippen molar-refractivity contribution in [2.24, 2.45) is 11.8 Å². The van der Waals surface area contributed by atoms with Crippen LogP contribution in [-0.4, -0.2) is 90.9 Å². The summed E-state index contributed by atoms with van der Waals surface area (Å²) in [4.78, 5) is 69.6. The third kappa shape index (κ3) is 12.5. The zero-order valence-electron chi connectivity index (χ0n) is 31.1. The zero-order valence-corrected chi connectivity index (χ0v) is 31.1. The summed E-state index contributed by atoms with van der Waals surface area (Å²) in [6.45, 7) is 9.43. The van der Waals surface area contributed by atoms with Crippen LogP contribution in [0.5, 0.6) is 0 Å². The maximum atomic E-state index is 13.7. The minimum Gasteiger partial charge on any atom is -0.499 e. The molecule has 1 heterocycles. The highest BCUT2D eigenvalue weighted by atomic mass is 16.5. The monoisotopic (exact) mass is 702 g/mol. The minimum atomic E-state index is -1.10. The van der Waals surface area contributed by atoms with Crippen molar-refractivity contribution in [3.05, 3.63) is 95.8 Å². The molecule has 2 aromatic rings. The van der Waals surface area contributed by atoms with E-state index in [0.29, 0.717) is 25.0 Å². The van der Waals surface area contributed by atoms with E-state index in [1.54, 1.807) is 25.9 Å². The molecule has 51 heavy (non-hydrogen) atoms. The van der Waals surface area contributed by atoms with Crippen LogP contribution in [-0.2, 0) is 46.3 Å². The minimum absolute atomic E-state index is 0.0329. The Hall–Kier alpha value is -4.77. The zero-order chi connectivity index (χ0) is 37.7. The smallest absolute Gasteiger partial charge is 0.324 e. The molecule has 11 heteroatoms. The van der Waals surface area contributed by atoms with E-state index in [1.807, 2.05) is 88.4 Å². The fourth-order valence-corrected chi connectivity index (χ4v) is 5.87. The van der Waals surface area contributed by atoms with Gasteiger partial charge in [-0.3, -0.25) is 33.8 Å². The first kappa shape index (κ1) is 40.7. The Morgan fingerprint density at radius 2 is 1.43 bits per heavy atom. The van der Waals surface area contributed by atoms with Gasteiger partial charge in [0.2, 0.25) is 5.91 Å². The molecule has 0 unspecified atom stereocenters. The first-order valence-electron chi connectivity index (χ1n) is 17.6. The lowest BCUT2D eigenvalue weighted by Crippen LogP contribution is -2.53. The molecule has 0 aliphatic carbocycles. The van der Waals surface area contributed by atoms with Gasteiger partial charge in [0.25, 0.3) is 17.7 Å². The molecule has 5 atom stereocenters. The largest absolute Gasteiger partial charge is 0.499 e. The normalized spacial score (nSPS) is 16.9. The Morgan fingerprint density at radius 1 is 0.843 bits per heavy atom. The van der Waals surface area contributed by atoms with Crippen LogP contribution in [0.4, 0.5) is 0 Å². The quantitative estimate of drug-likeness (QED) is 0.174. The Bertz CT molecular complexity index is 1540. The number of hydrogen-bond acceptors (Lipinski definition) is 8. The van der Waals surface area contributed by atoms with Crippen molar-refractivity contribution in [2.75, 3.05) is 21.2 Å². The lowest BCUT2D eigenvalue weighted by atomic mass is 10.0. The van der Waals surface area contributed by atoms with Gasteiger partial charge in [-0.05, 0) is 63.2 Å². The van der Waals surface area contributed by atoms with E-state index >= 15 is 0 Å². The standard InChI is InChI=1S/C40H54N4O7/c1-26(2)21-31(42-39(48)35(22-27(3)4)51-40(49)33(43(6)7)24-30-17-13-10-14-18-30)38(47)41-28(5)19-20-36(45)44-32(34(50-8)25-37(44)46)23-29-15-11-9-12-16-29/h9-20,25-28,31-33,35H,21-24H2,1-8H3,(H,41,47)(H,42,48)/b20-19+/t28-,31-,32-,33-,35-/m0/s1. The summed E-state index contributed by atoms with van der Waals surface area (Å²) in [6.07, 6.45) is 4.40. The molecule has 3 rings (SSSR count). The second-order valence-electron chi connectivity index (χ2n) is 14.1. The molecule has 4 amide bonds. The van der Waals surface area contributed by atoms with Crippen molar-refractivity contribution < 1.29 is 33.4 Å². The summed E-state index contributed by atoms with van der Waals surface area (Å²) < 4.78 is 11.3. The second kappa shape index (κ2) is 19.6. The number of carbonyl (C=O) groups is 5. The third-order valence-electron chi connectivity index (χ3n) is 8.53. The van der Waals surface area contributed by atoms with Crippen LogP contribution in [0, 0.1) is 11.8 Å². The highest BCUT2D eigenvalue weighted by Crippen LogP contribution is 2.24. The Morgan fingerprint density at radius 3 is 1.98 bits per heavy atom. The van der Waals surface area contributed by atoms with E-state index in [0.717, 1.165) is 16.0 Å². The summed E-state index contributed by atoms with van der Waals surface area (Å²) in [7, 11) is 5.04. The molecule has 0 bridgehead atoms. The van der Waals surface area contributed by atoms with Gasteiger partial charge < -0.3 is 20.1 Å². The van der Waals surface area contributed by atoms with Crippen LogP contribution >= 0.6 is 0 Å². The number of likely N-dealkylation sites (N-methyl/N-ethyl adjacent to an activating group) is 1. The van der Waals surface area contributed by atoms with Crippen molar-refractivity contribution in [3.8, 4) is 0 Å². The predicted molar refractivity (Wildman–Crippen MR) is 196 cm³/mol. The summed E-state index contributed by atoms with van der Waals surface area (Å²) in [5.74, 6) is -2.06. The molecule has 0 aromatic heterocycles. The Balaban J connectivity index is 1.68. The molecular formula is C40H54N4O7. The number of ether oxygens (including phenoxy) is 2. The molecule has 11 nitrogen and oxygen atoms in total. The van der Waals surface area contributed by atoms with Crippen LogP contribution < -0.4 is 10.6 Å². The van der Waals surface area contributed by atoms with Gasteiger partial charge in [0.1, 0.15) is 23.9 Å². The van der Waals surface area contributed by atoms with Gasteiger partial charge in [-0.15, -0.1) is 0 Å². The number of amides is 4. The summed E-state index contributed by atoms with van der Waals surface area (Å²) >= 11 is 0. The van der Waals surface area contributed by atoms with Gasteiger partial charge in [0, 0.05) is 24.6 Å². The van der Waals surface area contributed by atoms with Crippen molar-refractivity contribution >= 4 is 29.6 Å². The lowest BCUT2D eigenvalue weighted by Gasteiger charge is -2.28. The van der Waals surface area contributed by atoms with E-state index < -0.39 is 59.9 Å². The van der Waals surface area contributed by atoms with E-state index in [-0.39, 0.29) is 18.3 Å². The number of imide groups is 1. The van der Waals surface area contributed by atoms with Gasteiger partial charge in [-0.25, -0.2) is 0 Å². The number of esters is 1. The summed E-state index contributed by atoms with van der Waals surface area (Å²) in [5.41, 5.74) is 1.91. The lowest BCUT2D eigenvalue weighted by molar-refractivity contribution is -0.161. The van der Waals surface area contributed by atoms with E-state index in [9.17, 15) is 24.0 Å². The van der Waals surface area contributed by atoms with E-state index in [1.165, 1.54) is 25.3 Å². The molecule has 0 saturated heterocycles. The molecular weight excluding hydrogens is 648 g/mol. The van der Waals surface area contributed by atoms with Crippen LogP contribution in [0.2, 0.25) is 0 Å². The fraction of sp³-hybridized carbons (Fsp3) is 0.475. The van der Waals surface area contributed by atoms with Crippen LogP contribution in [0.15, 0.2) is 84.7 Å². The van der Waals surface area contributed by atoms with Crippen molar-refractivity contribution in [1.82, 2.24) is 20.4 Å². The highest BCUT2D eigenvalue weighted by molar-refractivity contribution is 6.07. The fourth-order valence-electron chi connectivity index (χ4n) is 5.87. The number of carbonyl (C=O) groups excluding carboxylic acids is 5. The average Bonchev–Trinajstić information content (AvgIpc) is 3.39. The predicted octanol–water partition coefficient (Wildman–Crippen LogP) is 4.22. The number of nitrogens with one attached hydrogen (secondary N) is 2. The van der Waals surface area contributed by atoms with Crippen LogP contribution in [0.3, 0.4) is 0 Å². The third-order valence-corrected chi connectivity index (χ3v) is 8.53. The number of hydrogen-bond donors (Lipinski definition) is 2. The highest BCUT2D eigenvalue weighted by Gasteiger charge is 2.38. The first-order valence-corrected chi connectivity index (χ1v) is 17.6.